The van der Waals surface area contributed by atoms with Crippen LogP contribution in [0.25, 0.3) is 0 Å². The molecule has 1 aromatic rings. The molecule has 1 fully saturated rings. The molecule has 1 saturated heterocycles. The molecule has 0 spiro atoms. The molecule has 2 heteroatoms. The number of hydrogen-bond acceptors (Lipinski definition) is 2. The van der Waals surface area contributed by atoms with Crippen molar-refractivity contribution in [3.05, 3.63) is 42.1 Å². The number of nitrogens with zero attached hydrogens (tertiary/aromatic N) is 1. The SMILES string of the molecule is CN(Cc1ccccc1)[C]1CCCO1. The number of ether oxygens (including phenoxy) is 1. The smallest absolute Gasteiger partial charge is 0.164 e. The molecule has 0 atom stereocenters. The highest BCUT2D eigenvalue weighted by Crippen LogP contribution is 2.23. The molecule has 14 heavy (non-hydrogen) atoms. The molecule has 0 aliphatic carbocycles. The van der Waals surface area contributed by atoms with Crippen LogP contribution in [0.4, 0.5) is 0 Å². The van der Waals surface area contributed by atoms with E-state index in [4.69, 9.17) is 4.74 Å². The van der Waals surface area contributed by atoms with Crippen molar-refractivity contribution in [1.82, 2.24) is 4.90 Å². The fourth-order valence-electron chi connectivity index (χ4n) is 1.73. The molecule has 0 N–H and O–H groups in total. The maximum atomic E-state index is 5.53. The third-order valence-electron chi connectivity index (χ3n) is 2.49. The van der Waals surface area contributed by atoms with Gasteiger partial charge in [-0.2, -0.15) is 0 Å². The van der Waals surface area contributed by atoms with E-state index in [-0.39, 0.29) is 0 Å². The van der Waals surface area contributed by atoms with Gasteiger partial charge in [-0.15, -0.1) is 0 Å². The molecule has 1 aliphatic rings. The molecule has 2 rings (SSSR count). The molecule has 0 aromatic heterocycles. The first kappa shape index (κ1) is 9.69. The van der Waals surface area contributed by atoms with Gasteiger partial charge in [0.05, 0.1) is 0 Å². The van der Waals surface area contributed by atoms with Gasteiger partial charge in [-0.1, -0.05) is 30.3 Å². The summed E-state index contributed by atoms with van der Waals surface area (Å²) in [7, 11) is 2.09. The highest BCUT2D eigenvalue weighted by molar-refractivity contribution is 5.14. The fourth-order valence-corrected chi connectivity index (χ4v) is 1.73. The molecule has 1 radical (unpaired) electrons. The Morgan fingerprint density at radius 1 is 1.29 bits per heavy atom. The molecule has 0 unspecified atom stereocenters. The summed E-state index contributed by atoms with van der Waals surface area (Å²) in [5.74, 6) is 0. The quantitative estimate of drug-likeness (QED) is 0.725. The second-order valence-electron chi connectivity index (χ2n) is 3.69. The molecule has 1 heterocycles. The lowest BCUT2D eigenvalue weighted by molar-refractivity contribution is 0.0865. The first-order valence-corrected chi connectivity index (χ1v) is 5.10. The number of benzene rings is 1. The highest BCUT2D eigenvalue weighted by Gasteiger charge is 2.21. The minimum Gasteiger partial charge on any atom is -0.356 e. The van der Waals surface area contributed by atoms with E-state index in [2.05, 4.69) is 36.2 Å². The van der Waals surface area contributed by atoms with Crippen LogP contribution >= 0.6 is 0 Å². The summed E-state index contributed by atoms with van der Waals surface area (Å²) in [5.41, 5.74) is 1.33. The van der Waals surface area contributed by atoms with Crippen LogP contribution in [-0.4, -0.2) is 18.6 Å². The fraction of sp³-hybridized carbons (Fsp3) is 0.417. The molecule has 0 amide bonds. The Morgan fingerprint density at radius 3 is 2.71 bits per heavy atom. The van der Waals surface area contributed by atoms with Gasteiger partial charge in [-0.05, 0) is 25.5 Å². The van der Waals surface area contributed by atoms with E-state index in [1.54, 1.807) is 0 Å². The molecule has 0 bridgehead atoms. The van der Waals surface area contributed by atoms with Crippen molar-refractivity contribution in [3.63, 3.8) is 0 Å². The van der Waals surface area contributed by atoms with Gasteiger partial charge in [0.2, 0.25) is 0 Å². The van der Waals surface area contributed by atoms with Gasteiger partial charge in [-0.3, -0.25) is 4.90 Å². The second-order valence-corrected chi connectivity index (χ2v) is 3.69. The summed E-state index contributed by atoms with van der Waals surface area (Å²) in [6.45, 7) is 1.82. The lowest BCUT2D eigenvalue weighted by Gasteiger charge is -2.21. The third-order valence-corrected chi connectivity index (χ3v) is 2.49. The predicted octanol–water partition coefficient (Wildman–Crippen LogP) is 2.42. The van der Waals surface area contributed by atoms with Crippen LogP contribution in [0.3, 0.4) is 0 Å². The molecular formula is C12H16NO. The molecule has 2 nitrogen and oxygen atoms in total. The topological polar surface area (TPSA) is 12.5 Å². The Labute approximate surface area is 85.5 Å². The van der Waals surface area contributed by atoms with E-state index in [0.29, 0.717) is 0 Å². The van der Waals surface area contributed by atoms with Gasteiger partial charge in [0.15, 0.2) is 6.23 Å². The standard InChI is InChI=1S/C12H16NO/c1-13(12-8-5-9-14-12)10-11-6-3-2-4-7-11/h2-4,6-7H,5,8-10H2,1H3. The predicted molar refractivity (Wildman–Crippen MR) is 56.3 cm³/mol. The van der Waals surface area contributed by atoms with Crippen LogP contribution in [-0.2, 0) is 11.3 Å². The normalized spacial score (nSPS) is 17.9. The summed E-state index contributed by atoms with van der Waals surface area (Å²) in [5, 5.41) is 0. The summed E-state index contributed by atoms with van der Waals surface area (Å²) >= 11 is 0. The zero-order chi connectivity index (χ0) is 9.80. The second kappa shape index (κ2) is 4.58. The van der Waals surface area contributed by atoms with Gasteiger partial charge < -0.3 is 4.74 Å². The maximum Gasteiger partial charge on any atom is 0.164 e. The minimum absolute atomic E-state index is 0.883. The third kappa shape index (κ3) is 2.34. The Morgan fingerprint density at radius 2 is 2.07 bits per heavy atom. The van der Waals surface area contributed by atoms with E-state index in [9.17, 15) is 0 Å². The Hall–Kier alpha value is -0.860. The Bertz CT molecular complexity index is 267. The average molecular weight is 190 g/mol. The van der Waals surface area contributed by atoms with Gasteiger partial charge in [-0.25, -0.2) is 0 Å². The van der Waals surface area contributed by atoms with E-state index in [0.717, 1.165) is 32.2 Å². The zero-order valence-corrected chi connectivity index (χ0v) is 8.57. The van der Waals surface area contributed by atoms with E-state index < -0.39 is 0 Å². The van der Waals surface area contributed by atoms with Crippen LogP contribution < -0.4 is 0 Å². The minimum atomic E-state index is 0.883. The van der Waals surface area contributed by atoms with Crippen molar-refractivity contribution >= 4 is 0 Å². The lowest BCUT2D eigenvalue weighted by Crippen LogP contribution is -2.23. The van der Waals surface area contributed by atoms with Crippen molar-refractivity contribution in [2.45, 2.75) is 19.4 Å². The van der Waals surface area contributed by atoms with Crippen molar-refractivity contribution in [2.24, 2.45) is 0 Å². The zero-order valence-electron chi connectivity index (χ0n) is 8.57. The first-order chi connectivity index (χ1) is 6.86. The molecule has 75 valence electrons. The molecular weight excluding hydrogens is 174 g/mol. The molecule has 0 saturated carbocycles. The Kier molecular flexibility index (Phi) is 3.17. The van der Waals surface area contributed by atoms with Crippen LogP contribution in [0.15, 0.2) is 30.3 Å². The van der Waals surface area contributed by atoms with E-state index in [1.807, 2.05) is 6.07 Å². The van der Waals surface area contributed by atoms with Gasteiger partial charge in [0.25, 0.3) is 0 Å². The summed E-state index contributed by atoms with van der Waals surface area (Å²) in [4.78, 5) is 2.20. The van der Waals surface area contributed by atoms with Gasteiger partial charge in [0, 0.05) is 13.2 Å². The van der Waals surface area contributed by atoms with Crippen LogP contribution in [0, 0.1) is 6.23 Å². The van der Waals surface area contributed by atoms with Crippen LogP contribution in [0.1, 0.15) is 18.4 Å². The molecule has 1 aliphatic heterocycles. The van der Waals surface area contributed by atoms with Crippen LogP contribution in [0.5, 0.6) is 0 Å². The highest BCUT2D eigenvalue weighted by atomic mass is 16.5. The average Bonchev–Trinajstić information content (AvgIpc) is 2.72. The van der Waals surface area contributed by atoms with Gasteiger partial charge >= 0.3 is 0 Å². The van der Waals surface area contributed by atoms with E-state index in [1.165, 1.54) is 5.56 Å². The maximum absolute atomic E-state index is 5.53. The van der Waals surface area contributed by atoms with Crippen LogP contribution in [0.2, 0.25) is 0 Å². The summed E-state index contributed by atoms with van der Waals surface area (Å²) in [6.07, 6.45) is 3.38. The van der Waals surface area contributed by atoms with Crippen molar-refractivity contribution in [1.29, 1.82) is 0 Å². The van der Waals surface area contributed by atoms with E-state index >= 15 is 0 Å². The lowest BCUT2D eigenvalue weighted by atomic mass is 10.2. The van der Waals surface area contributed by atoms with Crippen molar-refractivity contribution < 1.29 is 4.74 Å². The first-order valence-electron chi connectivity index (χ1n) is 5.10. The van der Waals surface area contributed by atoms with Gasteiger partial charge in [0.1, 0.15) is 0 Å². The summed E-state index contributed by atoms with van der Waals surface area (Å²) in [6, 6.07) is 10.5. The number of hydrogen-bond donors (Lipinski definition) is 0. The Balaban J connectivity index is 1.90. The summed E-state index contributed by atoms with van der Waals surface area (Å²) < 4.78 is 5.53. The van der Waals surface area contributed by atoms with Crippen molar-refractivity contribution in [3.8, 4) is 0 Å². The monoisotopic (exact) mass is 190 g/mol. The van der Waals surface area contributed by atoms with Crippen molar-refractivity contribution in [2.75, 3.05) is 13.7 Å². The largest absolute Gasteiger partial charge is 0.356 e. The number of rotatable bonds is 3. The molecule has 1 aromatic carbocycles.